The topological polar surface area (TPSA) is 0 Å². The van der Waals surface area contributed by atoms with E-state index in [4.69, 9.17) is 23.2 Å². The summed E-state index contributed by atoms with van der Waals surface area (Å²) < 4.78 is 1.27. The molecule has 0 radical (unpaired) electrons. The summed E-state index contributed by atoms with van der Waals surface area (Å²) in [6, 6.07) is 12.1. The number of halogens is 3. The Kier molecular flexibility index (Phi) is 3.77. The van der Waals surface area contributed by atoms with E-state index in [9.17, 15) is 0 Å². The number of hydrogen-bond acceptors (Lipinski definition) is 0. The second-order valence-electron chi connectivity index (χ2n) is 3.59. The first-order chi connectivity index (χ1) is 7.58. The van der Waals surface area contributed by atoms with Crippen LogP contribution in [0, 0.1) is 10.5 Å². The molecule has 0 spiro atoms. The van der Waals surface area contributed by atoms with E-state index in [1.165, 1.54) is 9.13 Å². The van der Waals surface area contributed by atoms with Gasteiger partial charge in [0.05, 0.1) is 10.0 Å². The van der Waals surface area contributed by atoms with Gasteiger partial charge in [0.25, 0.3) is 0 Å². The lowest BCUT2D eigenvalue weighted by Crippen LogP contribution is -1.83. The molecule has 0 nitrogen and oxygen atoms in total. The molecule has 82 valence electrons. The summed E-state index contributed by atoms with van der Waals surface area (Å²) in [5.74, 6) is 0. The van der Waals surface area contributed by atoms with Gasteiger partial charge in [0.2, 0.25) is 0 Å². The standard InChI is InChI=1S/C13H9Cl2I/c1-8-6-9(3-5-13(8)16)10-2-4-11(14)12(15)7-10/h2-7H,1H3. The van der Waals surface area contributed by atoms with E-state index in [1.807, 2.05) is 18.2 Å². The molecular weight excluding hydrogens is 354 g/mol. The van der Waals surface area contributed by atoms with Crippen molar-refractivity contribution >= 4 is 45.8 Å². The lowest BCUT2D eigenvalue weighted by Gasteiger charge is -2.06. The first-order valence-electron chi connectivity index (χ1n) is 4.79. The van der Waals surface area contributed by atoms with Gasteiger partial charge in [-0.1, -0.05) is 41.4 Å². The summed E-state index contributed by atoms with van der Waals surface area (Å²) in [6.45, 7) is 2.10. The SMILES string of the molecule is Cc1cc(-c2ccc(Cl)c(Cl)c2)ccc1I. The molecule has 16 heavy (non-hydrogen) atoms. The summed E-state index contributed by atoms with van der Waals surface area (Å²) in [7, 11) is 0. The van der Waals surface area contributed by atoms with Crippen LogP contribution in [0.15, 0.2) is 36.4 Å². The van der Waals surface area contributed by atoms with Crippen LogP contribution in [-0.2, 0) is 0 Å². The van der Waals surface area contributed by atoms with Gasteiger partial charge < -0.3 is 0 Å². The third-order valence-electron chi connectivity index (χ3n) is 2.41. The third-order valence-corrected chi connectivity index (χ3v) is 4.36. The van der Waals surface area contributed by atoms with Crippen LogP contribution in [0.1, 0.15) is 5.56 Å². The van der Waals surface area contributed by atoms with E-state index in [0.29, 0.717) is 10.0 Å². The molecule has 0 saturated carbocycles. The maximum atomic E-state index is 6.00. The van der Waals surface area contributed by atoms with Gasteiger partial charge >= 0.3 is 0 Å². The first kappa shape index (κ1) is 12.2. The fourth-order valence-electron chi connectivity index (χ4n) is 1.50. The van der Waals surface area contributed by atoms with E-state index in [0.717, 1.165) is 11.1 Å². The summed E-state index contributed by atoms with van der Waals surface area (Å²) in [5, 5.41) is 1.18. The molecule has 0 atom stereocenters. The number of aryl methyl sites for hydroxylation is 1. The smallest absolute Gasteiger partial charge is 0.0598 e. The maximum absolute atomic E-state index is 6.00. The van der Waals surface area contributed by atoms with Crippen molar-refractivity contribution < 1.29 is 0 Å². The third kappa shape index (κ3) is 2.53. The maximum Gasteiger partial charge on any atom is 0.0598 e. The van der Waals surface area contributed by atoms with Crippen LogP contribution in [0.5, 0.6) is 0 Å². The molecule has 0 saturated heterocycles. The summed E-state index contributed by atoms with van der Waals surface area (Å²) in [5.41, 5.74) is 3.52. The Hall–Kier alpha value is -0.250. The van der Waals surface area contributed by atoms with E-state index in [-0.39, 0.29) is 0 Å². The van der Waals surface area contributed by atoms with E-state index in [2.05, 4.69) is 47.7 Å². The van der Waals surface area contributed by atoms with Crippen LogP contribution < -0.4 is 0 Å². The molecule has 2 rings (SSSR count). The zero-order valence-corrected chi connectivity index (χ0v) is 12.3. The second-order valence-corrected chi connectivity index (χ2v) is 5.57. The molecule has 0 bridgehead atoms. The molecule has 0 unspecified atom stereocenters. The predicted molar refractivity (Wildman–Crippen MR) is 79.4 cm³/mol. The van der Waals surface area contributed by atoms with E-state index < -0.39 is 0 Å². The molecule has 0 aromatic heterocycles. The lowest BCUT2D eigenvalue weighted by atomic mass is 10.0. The second kappa shape index (κ2) is 4.94. The molecule has 0 amide bonds. The lowest BCUT2D eigenvalue weighted by molar-refractivity contribution is 1.42. The summed E-state index contributed by atoms with van der Waals surface area (Å²) in [4.78, 5) is 0. The van der Waals surface area contributed by atoms with Crippen molar-refractivity contribution in [2.24, 2.45) is 0 Å². The molecule has 3 heteroatoms. The van der Waals surface area contributed by atoms with Crippen molar-refractivity contribution in [2.45, 2.75) is 6.92 Å². The van der Waals surface area contributed by atoms with Gasteiger partial charge in [-0.05, 0) is 64.4 Å². The Bertz CT molecular complexity index is 486. The predicted octanol–water partition coefficient (Wildman–Crippen LogP) is 5.57. The van der Waals surface area contributed by atoms with Crippen LogP contribution in [-0.4, -0.2) is 0 Å². The largest absolute Gasteiger partial charge is 0.0827 e. The summed E-state index contributed by atoms with van der Waals surface area (Å²) in [6.07, 6.45) is 0. The Morgan fingerprint density at radius 3 is 2.12 bits per heavy atom. The quantitative estimate of drug-likeness (QED) is 0.581. The van der Waals surface area contributed by atoms with Crippen LogP contribution in [0.3, 0.4) is 0 Å². The van der Waals surface area contributed by atoms with Gasteiger partial charge in [-0.3, -0.25) is 0 Å². The minimum Gasteiger partial charge on any atom is -0.0827 e. The van der Waals surface area contributed by atoms with Gasteiger partial charge in [-0.2, -0.15) is 0 Å². The Labute approximate surface area is 119 Å². The Morgan fingerprint density at radius 2 is 1.50 bits per heavy atom. The molecule has 0 aliphatic heterocycles. The Balaban J connectivity index is 2.50. The molecular formula is C13H9Cl2I. The molecule has 0 fully saturated rings. The average molecular weight is 363 g/mol. The van der Waals surface area contributed by atoms with E-state index >= 15 is 0 Å². The zero-order chi connectivity index (χ0) is 11.7. The van der Waals surface area contributed by atoms with Gasteiger partial charge in [0, 0.05) is 3.57 Å². The van der Waals surface area contributed by atoms with Gasteiger partial charge in [0.15, 0.2) is 0 Å². The van der Waals surface area contributed by atoms with Gasteiger partial charge in [-0.25, -0.2) is 0 Å². The van der Waals surface area contributed by atoms with Crippen LogP contribution in [0.25, 0.3) is 11.1 Å². The summed E-state index contributed by atoms with van der Waals surface area (Å²) >= 11 is 14.2. The Morgan fingerprint density at radius 1 is 0.875 bits per heavy atom. The fraction of sp³-hybridized carbons (Fsp3) is 0.0769. The average Bonchev–Trinajstić information content (AvgIpc) is 2.26. The number of rotatable bonds is 1. The van der Waals surface area contributed by atoms with Crippen LogP contribution in [0.2, 0.25) is 10.0 Å². The minimum atomic E-state index is 0.590. The van der Waals surface area contributed by atoms with Gasteiger partial charge in [-0.15, -0.1) is 0 Å². The highest BCUT2D eigenvalue weighted by Crippen LogP contribution is 2.29. The molecule has 0 heterocycles. The highest BCUT2D eigenvalue weighted by atomic mass is 127. The van der Waals surface area contributed by atoms with Crippen molar-refractivity contribution in [3.05, 3.63) is 55.6 Å². The zero-order valence-electron chi connectivity index (χ0n) is 8.60. The normalized spacial score (nSPS) is 10.5. The molecule has 2 aromatic carbocycles. The van der Waals surface area contributed by atoms with Crippen molar-refractivity contribution in [3.63, 3.8) is 0 Å². The van der Waals surface area contributed by atoms with Crippen LogP contribution >= 0.6 is 45.8 Å². The molecule has 2 aromatic rings. The minimum absolute atomic E-state index is 0.590. The van der Waals surface area contributed by atoms with Crippen molar-refractivity contribution in [2.75, 3.05) is 0 Å². The highest BCUT2D eigenvalue weighted by molar-refractivity contribution is 14.1. The van der Waals surface area contributed by atoms with Crippen molar-refractivity contribution in [1.29, 1.82) is 0 Å². The van der Waals surface area contributed by atoms with Crippen molar-refractivity contribution in [3.8, 4) is 11.1 Å². The molecule has 0 N–H and O–H groups in total. The van der Waals surface area contributed by atoms with E-state index in [1.54, 1.807) is 0 Å². The fourth-order valence-corrected chi connectivity index (χ4v) is 2.13. The van der Waals surface area contributed by atoms with Crippen LogP contribution in [0.4, 0.5) is 0 Å². The number of benzene rings is 2. The monoisotopic (exact) mass is 362 g/mol. The highest BCUT2D eigenvalue weighted by Gasteiger charge is 2.03. The molecule has 0 aliphatic carbocycles. The first-order valence-corrected chi connectivity index (χ1v) is 6.63. The number of hydrogen-bond donors (Lipinski definition) is 0. The van der Waals surface area contributed by atoms with Gasteiger partial charge in [0.1, 0.15) is 0 Å². The van der Waals surface area contributed by atoms with Crippen molar-refractivity contribution in [1.82, 2.24) is 0 Å². The molecule has 0 aliphatic rings.